The quantitative estimate of drug-likeness (QED) is 0.332. The highest BCUT2D eigenvalue weighted by Gasteiger charge is 2.28. The van der Waals surface area contributed by atoms with Gasteiger partial charge in [0.25, 0.3) is 0 Å². The molecular formula is C35H42N2O3. The van der Waals surface area contributed by atoms with Crippen LogP contribution in [0.5, 0.6) is 5.75 Å². The highest BCUT2D eigenvalue weighted by atomic mass is 16.6. The Balaban J connectivity index is 1.25. The fourth-order valence-corrected chi connectivity index (χ4v) is 5.69. The van der Waals surface area contributed by atoms with E-state index in [9.17, 15) is 4.79 Å². The third-order valence-corrected chi connectivity index (χ3v) is 7.82. The number of benzene rings is 3. The van der Waals surface area contributed by atoms with Crippen molar-refractivity contribution in [2.45, 2.75) is 59.1 Å². The number of rotatable bonds is 6. The summed E-state index contributed by atoms with van der Waals surface area (Å²) in [7, 11) is 0. The summed E-state index contributed by atoms with van der Waals surface area (Å²) in [6.45, 7) is 13.7. The van der Waals surface area contributed by atoms with E-state index >= 15 is 0 Å². The summed E-state index contributed by atoms with van der Waals surface area (Å²) in [5, 5.41) is 0. The number of hydrogen-bond donors (Lipinski definition) is 0. The van der Waals surface area contributed by atoms with E-state index in [1.54, 1.807) is 4.90 Å². The standard InChI is InChI=1S/C35H42N2O3/c1-25-11-17-32-29(23-25)14-18-31(27-9-7-6-8-10-27)33(32)28-12-15-30(16-13-28)39-24-26(2)36-19-21-37(22-20-36)34(38)40-35(3,4)5/h6-13,15-17,23,26H,14,18-22,24H2,1-5H3/t26-/m1/s1. The smallest absolute Gasteiger partial charge is 0.410 e. The molecule has 0 N–H and O–H groups in total. The molecule has 0 spiro atoms. The number of ether oxygens (including phenoxy) is 2. The summed E-state index contributed by atoms with van der Waals surface area (Å²) in [5.41, 5.74) is 8.86. The van der Waals surface area contributed by atoms with Crippen LogP contribution in [0.3, 0.4) is 0 Å². The highest BCUT2D eigenvalue weighted by molar-refractivity contribution is 6.00. The van der Waals surface area contributed by atoms with Crippen LogP contribution in [0.25, 0.3) is 11.1 Å². The van der Waals surface area contributed by atoms with Crippen LogP contribution in [0.2, 0.25) is 0 Å². The SMILES string of the molecule is Cc1ccc2c(c1)CCC(c1ccccc1)=C2c1ccc(OC[C@@H](C)N2CCN(C(=O)OC(C)(C)C)CC2)cc1. The molecule has 5 heteroatoms. The Hall–Kier alpha value is -3.57. The molecule has 3 aromatic carbocycles. The Bertz CT molecular complexity index is 1350. The lowest BCUT2D eigenvalue weighted by Gasteiger charge is -2.38. The third kappa shape index (κ3) is 6.59. The van der Waals surface area contributed by atoms with Crippen LogP contribution in [0.1, 0.15) is 61.9 Å². The summed E-state index contributed by atoms with van der Waals surface area (Å²) >= 11 is 0. The van der Waals surface area contributed by atoms with E-state index in [-0.39, 0.29) is 12.1 Å². The number of carbonyl (C=O) groups excluding carboxylic acids is 1. The molecule has 40 heavy (non-hydrogen) atoms. The summed E-state index contributed by atoms with van der Waals surface area (Å²) in [6.07, 6.45) is 1.88. The van der Waals surface area contributed by atoms with Crippen LogP contribution < -0.4 is 4.74 Å². The van der Waals surface area contributed by atoms with E-state index in [4.69, 9.17) is 9.47 Å². The van der Waals surface area contributed by atoms with Crippen LogP contribution in [0.4, 0.5) is 4.79 Å². The van der Waals surface area contributed by atoms with Crippen molar-refractivity contribution in [1.29, 1.82) is 0 Å². The molecule has 2 aliphatic rings. The largest absolute Gasteiger partial charge is 0.492 e. The first-order valence-corrected chi connectivity index (χ1v) is 14.5. The molecular weight excluding hydrogens is 496 g/mol. The number of carbonyl (C=O) groups is 1. The lowest BCUT2D eigenvalue weighted by atomic mass is 9.79. The number of hydrogen-bond acceptors (Lipinski definition) is 4. The Morgan fingerprint density at radius 3 is 2.25 bits per heavy atom. The van der Waals surface area contributed by atoms with Crippen LogP contribution >= 0.6 is 0 Å². The molecule has 1 heterocycles. The van der Waals surface area contributed by atoms with Crippen molar-refractivity contribution in [2.24, 2.45) is 0 Å². The Kier molecular flexibility index (Phi) is 8.32. The van der Waals surface area contributed by atoms with Gasteiger partial charge in [0.05, 0.1) is 0 Å². The zero-order chi connectivity index (χ0) is 28.3. The molecule has 0 saturated carbocycles. The maximum Gasteiger partial charge on any atom is 0.410 e. The lowest BCUT2D eigenvalue weighted by molar-refractivity contribution is 0.00882. The zero-order valence-corrected chi connectivity index (χ0v) is 24.6. The predicted octanol–water partition coefficient (Wildman–Crippen LogP) is 7.22. The number of fused-ring (bicyclic) bond motifs is 1. The number of piperazine rings is 1. The van der Waals surface area contributed by atoms with Gasteiger partial charge in [-0.3, -0.25) is 4.90 Å². The zero-order valence-electron chi connectivity index (χ0n) is 24.6. The second-order valence-electron chi connectivity index (χ2n) is 12.1. The summed E-state index contributed by atoms with van der Waals surface area (Å²) in [4.78, 5) is 16.6. The van der Waals surface area contributed by atoms with Gasteiger partial charge in [0, 0.05) is 32.2 Å². The van der Waals surface area contributed by atoms with Crippen LogP contribution in [-0.2, 0) is 11.2 Å². The molecule has 1 saturated heterocycles. The fourth-order valence-electron chi connectivity index (χ4n) is 5.69. The molecule has 1 aliphatic carbocycles. The first-order valence-electron chi connectivity index (χ1n) is 14.5. The van der Waals surface area contributed by atoms with Gasteiger partial charge in [0.2, 0.25) is 0 Å². The van der Waals surface area contributed by atoms with E-state index < -0.39 is 5.60 Å². The van der Waals surface area contributed by atoms with Gasteiger partial charge in [-0.05, 0) is 93.0 Å². The first-order chi connectivity index (χ1) is 19.2. The molecule has 1 aliphatic heterocycles. The summed E-state index contributed by atoms with van der Waals surface area (Å²) in [5.74, 6) is 0.879. The van der Waals surface area contributed by atoms with Gasteiger partial charge < -0.3 is 14.4 Å². The topological polar surface area (TPSA) is 42.0 Å². The van der Waals surface area contributed by atoms with Crippen LogP contribution in [0.15, 0.2) is 72.8 Å². The molecule has 1 fully saturated rings. The van der Waals surface area contributed by atoms with E-state index in [0.29, 0.717) is 19.7 Å². The van der Waals surface area contributed by atoms with Crippen molar-refractivity contribution >= 4 is 17.2 Å². The van der Waals surface area contributed by atoms with Gasteiger partial charge in [0.1, 0.15) is 18.0 Å². The molecule has 5 nitrogen and oxygen atoms in total. The molecule has 0 unspecified atom stereocenters. The van der Waals surface area contributed by atoms with Crippen molar-refractivity contribution in [3.05, 3.63) is 101 Å². The monoisotopic (exact) mass is 538 g/mol. The number of nitrogens with zero attached hydrogens (tertiary/aromatic N) is 2. The van der Waals surface area contributed by atoms with E-state index in [2.05, 4.69) is 91.5 Å². The maximum atomic E-state index is 12.4. The molecule has 210 valence electrons. The minimum atomic E-state index is -0.468. The summed E-state index contributed by atoms with van der Waals surface area (Å²) < 4.78 is 11.8. The first kappa shape index (κ1) is 28.0. The van der Waals surface area contributed by atoms with Crippen molar-refractivity contribution in [2.75, 3.05) is 32.8 Å². The van der Waals surface area contributed by atoms with Crippen molar-refractivity contribution < 1.29 is 14.3 Å². The van der Waals surface area contributed by atoms with Gasteiger partial charge in [0.15, 0.2) is 0 Å². The third-order valence-electron chi connectivity index (χ3n) is 7.82. The molecule has 3 aromatic rings. The van der Waals surface area contributed by atoms with Gasteiger partial charge in [-0.2, -0.15) is 0 Å². The molecule has 5 rings (SSSR count). The van der Waals surface area contributed by atoms with Gasteiger partial charge in [-0.25, -0.2) is 4.79 Å². The molecule has 1 atom stereocenters. The van der Waals surface area contributed by atoms with Gasteiger partial charge in [-0.15, -0.1) is 0 Å². The normalized spacial score (nSPS) is 16.9. The molecule has 1 amide bonds. The average Bonchev–Trinajstić information content (AvgIpc) is 2.95. The number of amides is 1. The molecule has 0 radical (unpaired) electrons. The maximum absolute atomic E-state index is 12.4. The second-order valence-corrected chi connectivity index (χ2v) is 12.1. The van der Waals surface area contributed by atoms with Crippen LogP contribution in [0, 0.1) is 6.92 Å². The molecule has 0 aromatic heterocycles. The Labute approximate surface area is 239 Å². The summed E-state index contributed by atoms with van der Waals surface area (Å²) in [6, 6.07) is 26.5. The van der Waals surface area contributed by atoms with E-state index in [0.717, 1.165) is 31.7 Å². The number of aryl methyl sites for hydroxylation is 2. The highest BCUT2D eigenvalue weighted by Crippen LogP contribution is 2.41. The van der Waals surface area contributed by atoms with E-state index in [1.807, 2.05) is 20.8 Å². The van der Waals surface area contributed by atoms with Gasteiger partial charge >= 0.3 is 6.09 Å². The Morgan fingerprint density at radius 2 is 1.57 bits per heavy atom. The van der Waals surface area contributed by atoms with Crippen LogP contribution in [-0.4, -0.2) is 60.3 Å². The van der Waals surface area contributed by atoms with Gasteiger partial charge in [-0.1, -0.05) is 66.2 Å². The lowest BCUT2D eigenvalue weighted by Crippen LogP contribution is -2.53. The second kappa shape index (κ2) is 11.9. The van der Waals surface area contributed by atoms with Crippen molar-refractivity contribution in [3.63, 3.8) is 0 Å². The minimum Gasteiger partial charge on any atom is -0.492 e. The number of allylic oxidation sites excluding steroid dienone is 1. The molecule has 0 bridgehead atoms. The van der Waals surface area contributed by atoms with Crippen molar-refractivity contribution in [1.82, 2.24) is 9.80 Å². The fraction of sp³-hybridized carbons (Fsp3) is 0.400. The van der Waals surface area contributed by atoms with E-state index in [1.165, 1.54) is 39.0 Å². The predicted molar refractivity (Wildman–Crippen MR) is 163 cm³/mol. The average molecular weight is 539 g/mol. The Morgan fingerprint density at radius 1 is 0.875 bits per heavy atom. The van der Waals surface area contributed by atoms with Crippen molar-refractivity contribution in [3.8, 4) is 5.75 Å². The minimum absolute atomic E-state index is 0.225.